The summed E-state index contributed by atoms with van der Waals surface area (Å²) in [6.45, 7) is 0. The molecule has 4 N–H and O–H groups in total. The van der Waals surface area contributed by atoms with Gasteiger partial charge in [0.25, 0.3) is 0 Å². The second-order valence-corrected chi connectivity index (χ2v) is 12.6. The Kier molecular flexibility index (Phi) is 9.43. The quantitative estimate of drug-likeness (QED) is 0.111. The summed E-state index contributed by atoms with van der Waals surface area (Å²) < 4.78 is 0. The Balaban J connectivity index is 0.861. The van der Waals surface area contributed by atoms with Crippen molar-refractivity contribution in [1.82, 2.24) is 0 Å². The highest BCUT2D eigenvalue weighted by atomic mass is 14.9. The molecule has 0 amide bonds. The van der Waals surface area contributed by atoms with Gasteiger partial charge in [-0.1, -0.05) is 121 Å². The fourth-order valence-electron chi connectivity index (χ4n) is 6.33. The minimum atomic E-state index is 1.03. The molecule has 0 aromatic heterocycles. The number of para-hydroxylation sites is 2. The molecule has 0 heterocycles. The second-order valence-electron chi connectivity index (χ2n) is 12.6. The molecule has 0 aliphatic rings. The lowest BCUT2D eigenvalue weighted by Gasteiger charge is -2.14. The highest BCUT2D eigenvalue weighted by molar-refractivity contribution is 5.83. The summed E-state index contributed by atoms with van der Waals surface area (Å²) in [6, 6.07) is 71.6. The van der Waals surface area contributed by atoms with Crippen molar-refractivity contribution in [2.24, 2.45) is 0 Å². The number of benzene rings is 8. The zero-order valence-electron chi connectivity index (χ0n) is 28.6. The minimum absolute atomic E-state index is 1.03. The van der Waals surface area contributed by atoms with Crippen molar-refractivity contribution in [2.75, 3.05) is 21.3 Å². The van der Waals surface area contributed by atoms with Crippen LogP contribution in [-0.2, 0) is 0 Å². The Bertz CT molecular complexity index is 2180. The van der Waals surface area contributed by atoms with Crippen LogP contribution >= 0.6 is 0 Å². The van der Waals surface area contributed by atoms with Gasteiger partial charge in [-0.2, -0.15) is 0 Å². The zero-order chi connectivity index (χ0) is 35.0. The second kappa shape index (κ2) is 15.2. The van der Waals surface area contributed by atoms with Crippen molar-refractivity contribution < 1.29 is 0 Å². The fourth-order valence-corrected chi connectivity index (χ4v) is 6.33. The van der Waals surface area contributed by atoms with E-state index < -0.39 is 0 Å². The van der Waals surface area contributed by atoms with Crippen LogP contribution in [0.1, 0.15) is 0 Å². The molecule has 250 valence electrons. The highest BCUT2D eigenvalue weighted by Gasteiger charge is 2.07. The van der Waals surface area contributed by atoms with E-state index in [0.717, 1.165) is 45.5 Å². The lowest BCUT2D eigenvalue weighted by molar-refractivity contribution is 1.50. The van der Waals surface area contributed by atoms with Crippen LogP contribution in [0.2, 0.25) is 0 Å². The van der Waals surface area contributed by atoms with Crippen LogP contribution in [0.15, 0.2) is 206 Å². The van der Waals surface area contributed by atoms with Crippen molar-refractivity contribution in [3.8, 4) is 33.4 Å². The van der Waals surface area contributed by atoms with Gasteiger partial charge in [-0.15, -0.1) is 0 Å². The largest absolute Gasteiger partial charge is 0.356 e. The summed E-state index contributed by atoms with van der Waals surface area (Å²) in [5.41, 5.74) is 15.5. The first-order chi connectivity index (χ1) is 25.7. The minimum Gasteiger partial charge on any atom is -0.356 e. The van der Waals surface area contributed by atoms with Crippen molar-refractivity contribution in [3.63, 3.8) is 0 Å². The maximum Gasteiger partial charge on any atom is 0.0463 e. The first-order valence-corrected chi connectivity index (χ1v) is 17.5. The molecule has 0 saturated carbocycles. The van der Waals surface area contributed by atoms with Gasteiger partial charge in [0, 0.05) is 56.6 Å². The van der Waals surface area contributed by atoms with E-state index in [1.54, 1.807) is 0 Å². The topological polar surface area (TPSA) is 48.1 Å². The fraction of sp³-hybridized carbons (Fsp3) is 0. The van der Waals surface area contributed by atoms with Gasteiger partial charge in [0.2, 0.25) is 0 Å². The van der Waals surface area contributed by atoms with E-state index in [1.807, 2.05) is 12.1 Å². The van der Waals surface area contributed by atoms with Crippen molar-refractivity contribution >= 4 is 45.5 Å². The summed E-state index contributed by atoms with van der Waals surface area (Å²) in [5.74, 6) is 0. The number of anilines is 8. The van der Waals surface area contributed by atoms with E-state index in [-0.39, 0.29) is 0 Å². The van der Waals surface area contributed by atoms with Crippen LogP contribution < -0.4 is 21.3 Å². The Morgan fingerprint density at radius 3 is 0.808 bits per heavy atom. The lowest BCUT2D eigenvalue weighted by Crippen LogP contribution is -1.95. The molecule has 0 atom stereocenters. The third kappa shape index (κ3) is 7.72. The molecule has 0 aliphatic carbocycles. The molecular weight excluding hydrogens is 633 g/mol. The Labute approximate surface area is 305 Å². The third-order valence-corrected chi connectivity index (χ3v) is 9.03. The van der Waals surface area contributed by atoms with Crippen LogP contribution in [0, 0.1) is 0 Å². The molecule has 8 aromatic rings. The van der Waals surface area contributed by atoms with Gasteiger partial charge in [0.05, 0.1) is 0 Å². The molecule has 0 saturated heterocycles. The van der Waals surface area contributed by atoms with Gasteiger partial charge < -0.3 is 21.3 Å². The Morgan fingerprint density at radius 2 is 0.462 bits per heavy atom. The van der Waals surface area contributed by atoms with Crippen molar-refractivity contribution in [3.05, 3.63) is 206 Å². The van der Waals surface area contributed by atoms with E-state index in [1.165, 1.54) is 33.4 Å². The van der Waals surface area contributed by atoms with Crippen LogP contribution in [0.5, 0.6) is 0 Å². The average Bonchev–Trinajstić information content (AvgIpc) is 3.21. The van der Waals surface area contributed by atoms with E-state index in [2.05, 4.69) is 215 Å². The zero-order valence-corrected chi connectivity index (χ0v) is 28.6. The first kappa shape index (κ1) is 32.2. The summed E-state index contributed by atoms with van der Waals surface area (Å²) in [6.07, 6.45) is 0. The Morgan fingerprint density at radius 1 is 0.192 bits per heavy atom. The molecule has 0 fully saturated rings. The van der Waals surface area contributed by atoms with E-state index >= 15 is 0 Å². The normalized spacial score (nSPS) is 10.7. The first-order valence-electron chi connectivity index (χ1n) is 17.5. The molecule has 0 bridgehead atoms. The van der Waals surface area contributed by atoms with Gasteiger partial charge >= 0.3 is 0 Å². The Hall–Kier alpha value is -7.04. The van der Waals surface area contributed by atoms with Crippen LogP contribution in [0.3, 0.4) is 0 Å². The number of hydrogen-bond donors (Lipinski definition) is 4. The van der Waals surface area contributed by atoms with Crippen LogP contribution in [-0.4, -0.2) is 0 Å². The van der Waals surface area contributed by atoms with Crippen LogP contribution in [0.4, 0.5) is 45.5 Å². The molecule has 0 aliphatic heterocycles. The van der Waals surface area contributed by atoms with Gasteiger partial charge in [-0.3, -0.25) is 0 Å². The SMILES string of the molecule is c1ccc(-c2ccccc2Nc2ccc(Nc3ccc(-c4ccc(Nc5ccc(Nc6ccccc6-c6ccccc6)cc5)cc4)cc3)cc2)cc1. The predicted molar refractivity (Wildman–Crippen MR) is 222 cm³/mol. The molecule has 0 radical (unpaired) electrons. The lowest BCUT2D eigenvalue weighted by atomic mass is 10.0. The maximum absolute atomic E-state index is 3.59. The van der Waals surface area contributed by atoms with Crippen molar-refractivity contribution in [1.29, 1.82) is 0 Å². The molecule has 8 aromatic carbocycles. The van der Waals surface area contributed by atoms with E-state index in [4.69, 9.17) is 0 Å². The smallest absolute Gasteiger partial charge is 0.0463 e. The molecular formula is C48H38N4. The van der Waals surface area contributed by atoms with Gasteiger partial charge in [-0.25, -0.2) is 0 Å². The highest BCUT2D eigenvalue weighted by Crippen LogP contribution is 2.33. The van der Waals surface area contributed by atoms with E-state index in [0.29, 0.717) is 0 Å². The van der Waals surface area contributed by atoms with Gasteiger partial charge in [0.15, 0.2) is 0 Å². The predicted octanol–water partition coefficient (Wildman–Crippen LogP) is 13.7. The summed E-state index contributed by atoms with van der Waals surface area (Å²) in [7, 11) is 0. The summed E-state index contributed by atoms with van der Waals surface area (Å²) in [5, 5.41) is 14.2. The number of rotatable bonds is 11. The number of nitrogens with one attached hydrogen (secondary N) is 4. The summed E-state index contributed by atoms with van der Waals surface area (Å²) in [4.78, 5) is 0. The number of hydrogen-bond acceptors (Lipinski definition) is 4. The molecule has 0 spiro atoms. The molecule has 4 heteroatoms. The molecule has 8 rings (SSSR count). The maximum atomic E-state index is 3.59. The van der Waals surface area contributed by atoms with E-state index in [9.17, 15) is 0 Å². The van der Waals surface area contributed by atoms with Gasteiger partial charge in [0.1, 0.15) is 0 Å². The monoisotopic (exact) mass is 670 g/mol. The molecule has 0 unspecified atom stereocenters. The van der Waals surface area contributed by atoms with Crippen molar-refractivity contribution in [2.45, 2.75) is 0 Å². The van der Waals surface area contributed by atoms with Gasteiger partial charge in [-0.05, 0) is 107 Å². The standard InChI is InChI=1S/C48H38N4/c1-3-11-37(12-4-1)45-15-7-9-17-47(45)51-43-31-27-41(28-32-43)49-39-23-19-35(20-24-39)36-21-25-40(26-22-36)50-42-29-33-44(34-30-42)52-48-18-10-8-16-46(48)38-13-5-2-6-14-38/h1-34,49-52H. The average molecular weight is 671 g/mol. The van der Waals surface area contributed by atoms with Crippen LogP contribution in [0.25, 0.3) is 33.4 Å². The summed E-state index contributed by atoms with van der Waals surface area (Å²) >= 11 is 0. The molecule has 52 heavy (non-hydrogen) atoms. The third-order valence-electron chi connectivity index (χ3n) is 9.03. The molecule has 4 nitrogen and oxygen atoms in total.